The molecule has 0 saturated carbocycles. The monoisotopic (exact) mass is 353 g/mol. The van der Waals surface area contributed by atoms with Crippen LogP contribution in [0.4, 0.5) is 0 Å². The molecule has 0 saturated heterocycles. The Balaban J connectivity index is 1.76. The molecule has 2 amide bonds. The van der Waals surface area contributed by atoms with Crippen LogP contribution in [0.15, 0.2) is 48.7 Å². The highest BCUT2D eigenvalue weighted by atomic mass is 16.3. The van der Waals surface area contributed by atoms with Gasteiger partial charge in [-0.3, -0.25) is 14.6 Å². The molecule has 2 atom stereocenters. The minimum Gasteiger partial charge on any atom is -0.394 e. The number of amides is 2. The lowest BCUT2D eigenvalue weighted by Crippen LogP contribution is -2.47. The van der Waals surface area contributed by atoms with E-state index in [0.29, 0.717) is 25.2 Å². The van der Waals surface area contributed by atoms with Gasteiger partial charge in [0.25, 0.3) is 0 Å². The molecule has 2 aromatic rings. The van der Waals surface area contributed by atoms with E-state index in [1.807, 2.05) is 42.5 Å². The van der Waals surface area contributed by atoms with Gasteiger partial charge in [0.05, 0.1) is 24.3 Å². The number of fused-ring (bicyclic) bond motifs is 1. The van der Waals surface area contributed by atoms with E-state index < -0.39 is 5.92 Å². The van der Waals surface area contributed by atoms with Crippen molar-refractivity contribution >= 4 is 11.8 Å². The number of hydrogen-bond donors (Lipinski definition) is 2. The number of carbonyl (C=O) groups is 2. The van der Waals surface area contributed by atoms with Crippen LogP contribution in [0, 0.1) is 0 Å². The van der Waals surface area contributed by atoms with E-state index >= 15 is 0 Å². The average molecular weight is 353 g/mol. The van der Waals surface area contributed by atoms with Gasteiger partial charge in [-0.2, -0.15) is 0 Å². The van der Waals surface area contributed by atoms with Crippen LogP contribution in [0.2, 0.25) is 0 Å². The third kappa shape index (κ3) is 4.08. The maximum atomic E-state index is 12.9. The lowest BCUT2D eigenvalue weighted by molar-refractivity contribution is -0.132. The Hall–Kier alpha value is -2.73. The number of pyridine rings is 1. The number of aliphatic hydroxyl groups excluding tert-OH is 1. The Morgan fingerprint density at radius 2 is 2.04 bits per heavy atom. The second-order valence-corrected chi connectivity index (χ2v) is 6.58. The first-order chi connectivity index (χ1) is 12.6. The number of carbonyl (C=O) groups excluding carboxylic acids is 2. The van der Waals surface area contributed by atoms with Crippen molar-refractivity contribution in [3.63, 3.8) is 0 Å². The van der Waals surface area contributed by atoms with Crippen molar-refractivity contribution in [2.75, 3.05) is 13.2 Å². The first-order valence-electron chi connectivity index (χ1n) is 8.73. The van der Waals surface area contributed by atoms with Crippen LogP contribution in [0.5, 0.6) is 0 Å². The molecule has 26 heavy (non-hydrogen) atoms. The zero-order valence-electron chi connectivity index (χ0n) is 14.8. The smallest absolute Gasteiger partial charge is 0.231 e. The summed E-state index contributed by atoms with van der Waals surface area (Å²) in [5, 5.41) is 12.6. The van der Waals surface area contributed by atoms with E-state index in [2.05, 4.69) is 10.3 Å². The fourth-order valence-electron chi connectivity index (χ4n) is 3.28. The molecule has 2 N–H and O–H groups in total. The fourth-order valence-corrected chi connectivity index (χ4v) is 3.28. The van der Waals surface area contributed by atoms with Gasteiger partial charge in [-0.25, -0.2) is 0 Å². The molecule has 0 fully saturated rings. The summed E-state index contributed by atoms with van der Waals surface area (Å²) in [6.45, 7) is 2.12. The summed E-state index contributed by atoms with van der Waals surface area (Å²) < 4.78 is 0. The second-order valence-electron chi connectivity index (χ2n) is 6.58. The van der Waals surface area contributed by atoms with E-state index in [0.717, 1.165) is 11.1 Å². The second kappa shape index (κ2) is 8.10. The molecule has 1 aromatic carbocycles. The summed E-state index contributed by atoms with van der Waals surface area (Å²) >= 11 is 0. The maximum Gasteiger partial charge on any atom is 0.231 e. The van der Waals surface area contributed by atoms with Crippen LogP contribution >= 0.6 is 0 Å². The highest BCUT2D eigenvalue weighted by Crippen LogP contribution is 2.26. The lowest BCUT2D eigenvalue weighted by atomic mass is 9.93. The lowest BCUT2D eigenvalue weighted by Gasteiger charge is -2.33. The Morgan fingerprint density at radius 1 is 1.27 bits per heavy atom. The quantitative estimate of drug-likeness (QED) is 0.847. The van der Waals surface area contributed by atoms with Gasteiger partial charge in [0, 0.05) is 26.2 Å². The van der Waals surface area contributed by atoms with Gasteiger partial charge in [-0.15, -0.1) is 0 Å². The summed E-state index contributed by atoms with van der Waals surface area (Å²) in [4.78, 5) is 30.7. The minimum absolute atomic E-state index is 0.0692. The van der Waals surface area contributed by atoms with Gasteiger partial charge >= 0.3 is 0 Å². The molecular formula is C20H23N3O3. The van der Waals surface area contributed by atoms with Gasteiger partial charge in [0.2, 0.25) is 11.8 Å². The van der Waals surface area contributed by atoms with Crippen LogP contribution in [0.1, 0.15) is 29.7 Å². The van der Waals surface area contributed by atoms with Crippen LogP contribution in [0.25, 0.3) is 0 Å². The standard InChI is InChI=1S/C20H23N3O3/c1-14(25)23-11-16-8-5-9-21-19(16)18(12-23)20(26)22-17(13-24)10-15-6-3-2-4-7-15/h2-9,17-18,24H,10-13H2,1H3,(H,22,26). The molecule has 2 unspecified atom stereocenters. The number of benzene rings is 1. The molecule has 136 valence electrons. The number of nitrogens with zero attached hydrogens (tertiary/aromatic N) is 2. The summed E-state index contributed by atoms with van der Waals surface area (Å²) in [5.74, 6) is -0.820. The minimum atomic E-state index is -0.534. The van der Waals surface area contributed by atoms with Gasteiger partial charge < -0.3 is 15.3 Å². The molecule has 6 nitrogen and oxygen atoms in total. The van der Waals surface area contributed by atoms with E-state index in [1.54, 1.807) is 11.1 Å². The molecule has 0 spiro atoms. The first kappa shape index (κ1) is 18.1. The predicted molar refractivity (Wildman–Crippen MR) is 97.2 cm³/mol. The Labute approximate surface area is 152 Å². The molecule has 0 radical (unpaired) electrons. The molecule has 6 heteroatoms. The van der Waals surface area contributed by atoms with Crippen molar-refractivity contribution in [3.8, 4) is 0 Å². The summed E-state index contributed by atoms with van der Waals surface area (Å²) in [7, 11) is 0. The van der Waals surface area contributed by atoms with E-state index in [1.165, 1.54) is 6.92 Å². The molecule has 0 aliphatic carbocycles. The van der Waals surface area contributed by atoms with Gasteiger partial charge in [-0.1, -0.05) is 36.4 Å². The highest BCUT2D eigenvalue weighted by Gasteiger charge is 2.33. The molecule has 3 rings (SSSR count). The largest absolute Gasteiger partial charge is 0.394 e. The topological polar surface area (TPSA) is 82.5 Å². The van der Waals surface area contributed by atoms with Gasteiger partial charge in [-0.05, 0) is 23.6 Å². The molecule has 2 heterocycles. The Morgan fingerprint density at radius 3 is 2.73 bits per heavy atom. The predicted octanol–water partition coefficient (Wildman–Crippen LogP) is 1.25. The zero-order valence-corrected chi connectivity index (χ0v) is 14.8. The number of nitrogens with one attached hydrogen (secondary N) is 1. The van der Waals surface area contributed by atoms with Crippen molar-refractivity contribution in [1.82, 2.24) is 15.2 Å². The van der Waals surface area contributed by atoms with Crippen LogP contribution in [0.3, 0.4) is 0 Å². The molecule has 1 aliphatic heterocycles. The van der Waals surface area contributed by atoms with Crippen molar-refractivity contribution < 1.29 is 14.7 Å². The average Bonchev–Trinajstić information content (AvgIpc) is 2.67. The van der Waals surface area contributed by atoms with Crippen LogP contribution in [-0.2, 0) is 22.6 Å². The first-order valence-corrected chi connectivity index (χ1v) is 8.73. The normalized spacial score (nSPS) is 17.3. The molecular weight excluding hydrogens is 330 g/mol. The SMILES string of the molecule is CC(=O)N1Cc2cccnc2C(C(=O)NC(CO)Cc2ccccc2)C1. The van der Waals surface area contributed by atoms with Crippen LogP contribution in [-0.4, -0.2) is 46.0 Å². The van der Waals surface area contributed by atoms with Crippen molar-refractivity contribution in [1.29, 1.82) is 0 Å². The van der Waals surface area contributed by atoms with Crippen molar-refractivity contribution in [2.45, 2.75) is 31.8 Å². The van der Waals surface area contributed by atoms with E-state index in [9.17, 15) is 14.7 Å². The Bertz CT molecular complexity index is 779. The van der Waals surface area contributed by atoms with Gasteiger partial charge in [0.15, 0.2) is 0 Å². The Kier molecular flexibility index (Phi) is 5.63. The van der Waals surface area contributed by atoms with Gasteiger partial charge in [0.1, 0.15) is 0 Å². The summed E-state index contributed by atoms with van der Waals surface area (Å²) in [6.07, 6.45) is 2.21. The zero-order chi connectivity index (χ0) is 18.5. The number of aromatic nitrogens is 1. The summed E-state index contributed by atoms with van der Waals surface area (Å²) in [6, 6.07) is 13.0. The molecule has 1 aromatic heterocycles. The van der Waals surface area contributed by atoms with Crippen molar-refractivity contribution in [2.24, 2.45) is 0 Å². The number of rotatable bonds is 5. The van der Waals surface area contributed by atoms with E-state index in [-0.39, 0.29) is 24.5 Å². The van der Waals surface area contributed by atoms with E-state index in [4.69, 9.17) is 0 Å². The fraction of sp³-hybridized carbons (Fsp3) is 0.350. The van der Waals surface area contributed by atoms with Crippen LogP contribution < -0.4 is 5.32 Å². The van der Waals surface area contributed by atoms with Crippen molar-refractivity contribution in [3.05, 3.63) is 65.5 Å². The maximum absolute atomic E-state index is 12.9. The molecule has 0 bridgehead atoms. The number of aliphatic hydroxyl groups is 1. The highest BCUT2D eigenvalue weighted by molar-refractivity contribution is 5.85. The third-order valence-corrected chi connectivity index (χ3v) is 4.67. The number of hydrogen-bond acceptors (Lipinski definition) is 4. The third-order valence-electron chi connectivity index (χ3n) is 4.67. The summed E-state index contributed by atoms with van der Waals surface area (Å²) in [5.41, 5.74) is 2.64. The molecule has 1 aliphatic rings.